The minimum Gasteiger partial charge on any atom is -0.375 e. The van der Waals surface area contributed by atoms with Crippen LogP contribution in [0.4, 0.5) is 0 Å². The van der Waals surface area contributed by atoms with Crippen LogP contribution in [-0.2, 0) is 9.62 Å². The van der Waals surface area contributed by atoms with Crippen LogP contribution in [0.15, 0.2) is 12.7 Å². The second-order valence-corrected chi connectivity index (χ2v) is 1.20. The van der Waals surface area contributed by atoms with Gasteiger partial charge >= 0.3 is 0 Å². The zero-order valence-electron chi connectivity index (χ0n) is 4.67. The lowest BCUT2D eigenvalue weighted by molar-refractivity contribution is -0.248. The molecule has 0 bridgehead atoms. The summed E-state index contributed by atoms with van der Waals surface area (Å²) in [6.45, 7) is 4.55. The zero-order chi connectivity index (χ0) is 6.24. The minimum absolute atomic E-state index is 0.216. The van der Waals surface area contributed by atoms with Gasteiger partial charge in [0.2, 0.25) is 0 Å². The number of rotatable bonds is 5. The lowest BCUT2D eigenvalue weighted by Gasteiger charge is -1.95. The fourth-order valence-electron chi connectivity index (χ4n) is 0.263. The summed E-state index contributed by atoms with van der Waals surface area (Å²) in [7, 11) is 0. The molecule has 0 saturated heterocycles. The molecule has 0 amide bonds. The van der Waals surface area contributed by atoms with Crippen molar-refractivity contribution in [3.05, 3.63) is 12.7 Å². The maximum absolute atomic E-state index is 7.76. The fraction of sp³-hybridized carbons (Fsp3) is 0.600. The summed E-state index contributed by atoms with van der Waals surface area (Å²) in [4.78, 5) is 3.73. The van der Waals surface area contributed by atoms with Crippen molar-refractivity contribution in [1.29, 1.82) is 0 Å². The molecular formula is C5H10O3. The van der Waals surface area contributed by atoms with Gasteiger partial charge in [0.25, 0.3) is 0 Å². The molecule has 0 atom stereocenters. The Morgan fingerprint density at radius 1 is 1.50 bits per heavy atom. The lowest BCUT2D eigenvalue weighted by atomic mass is 10.7. The van der Waals surface area contributed by atoms with Gasteiger partial charge in [-0.2, -0.15) is 0 Å². The first kappa shape index (κ1) is 7.62. The average Bonchev–Trinajstić information content (AvgIpc) is 1.81. The van der Waals surface area contributed by atoms with E-state index in [-0.39, 0.29) is 6.61 Å². The second-order valence-electron chi connectivity index (χ2n) is 1.20. The number of ether oxygens (including phenoxy) is 1. The van der Waals surface area contributed by atoms with Gasteiger partial charge in [0, 0.05) is 0 Å². The maximum atomic E-state index is 7.76. The first-order valence-corrected chi connectivity index (χ1v) is 2.37. The predicted octanol–water partition coefficient (Wildman–Crippen LogP) is 0.679. The first-order chi connectivity index (χ1) is 3.91. The second kappa shape index (κ2) is 6.62. The standard InChI is InChI=1S/C5H10O3/c1-2-3-7-4-5-8-6/h2,6H,1,3-5H2. The molecule has 0 spiro atoms. The molecule has 0 aliphatic rings. The van der Waals surface area contributed by atoms with Gasteiger partial charge in [-0.3, -0.25) is 5.26 Å². The van der Waals surface area contributed by atoms with Crippen molar-refractivity contribution < 1.29 is 14.9 Å². The van der Waals surface area contributed by atoms with E-state index in [1.54, 1.807) is 6.08 Å². The third-order valence-corrected chi connectivity index (χ3v) is 0.555. The van der Waals surface area contributed by atoms with Gasteiger partial charge in [-0.1, -0.05) is 6.08 Å². The summed E-state index contributed by atoms with van der Waals surface area (Å²) in [5, 5.41) is 7.76. The summed E-state index contributed by atoms with van der Waals surface area (Å²) in [6, 6.07) is 0. The van der Waals surface area contributed by atoms with E-state index >= 15 is 0 Å². The Morgan fingerprint density at radius 3 is 2.75 bits per heavy atom. The van der Waals surface area contributed by atoms with Crippen molar-refractivity contribution in [3.8, 4) is 0 Å². The van der Waals surface area contributed by atoms with Crippen LogP contribution >= 0.6 is 0 Å². The van der Waals surface area contributed by atoms with Crippen LogP contribution in [-0.4, -0.2) is 25.1 Å². The Labute approximate surface area is 48.5 Å². The van der Waals surface area contributed by atoms with Crippen LogP contribution in [0, 0.1) is 0 Å². The third-order valence-electron chi connectivity index (χ3n) is 0.555. The van der Waals surface area contributed by atoms with Gasteiger partial charge in [0.15, 0.2) is 0 Å². The van der Waals surface area contributed by atoms with E-state index in [1.165, 1.54) is 0 Å². The molecule has 3 nitrogen and oxygen atoms in total. The molecule has 0 fully saturated rings. The molecule has 48 valence electrons. The molecular weight excluding hydrogens is 108 g/mol. The highest BCUT2D eigenvalue weighted by Gasteiger charge is 1.81. The van der Waals surface area contributed by atoms with Crippen LogP contribution in [0.25, 0.3) is 0 Å². The van der Waals surface area contributed by atoms with Crippen molar-refractivity contribution in [3.63, 3.8) is 0 Å². The summed E-state index contributed by atoms with van der Waals surface area (Å²) in [6.07, 6.45) is 1.64. The van der Waals surface area contributed by atoms with E-state index in [4.69, 9.17) is 9.99 Å². The molecule has 0 aliphatic carbocycles. The molecule has 0 unspecified atom stereocenters. The van der Waals surface area contributed by atoms with Crippen LogP contribution in [0.1, 0.15) is 0 Å². The zero-order valence-corrected chi connectivity index (χ0v) is 4.67. The lowest BCUT2D eigenvalue weighted by Crippen LogP contribution is -2.01. The molecule has 3 heteroatoms. The van der Waals surface area contributed by atoms with Crippen LogP contribution in [0.3, 0.4) is 0 Å². The normalized spacial score (nSPS) is 9.12. The molecule has 0 rings (SSSR count). The van der Waals surface area contributed by atoms with E-state index in [1.807, 2.05) is 0 Å². The Hall–Kier alpha value is -0.380. The average molecular weight is 118 g/mol. The molecule has 0 radical (unpaired) electrons. The van der Waals surface area contributed by atoms with Crippen molar-refractivity contribution in [2.24, 2.45) is 0 Å². The minimum atomic E-state index is 0.216. The van der Waals surface area contributed by atoms with Crippen molar-refractivity contribution in [1.82, 2.24) is 0 Å². The van der Waals surface area contributed by atoms with Gasteiger partial charge in [-0.15, -0.1) is 6.58 Å². The summed E-state index contributed by atoms with van der Waals surface area (Å²) in [5.41, 5.74) is 0. The largest absolute Gasteiger partial charge is 0.375 e. The Morgan fingerprint density at radius 2 is 2.25 bits per heavy atom. The predicted molar refractivity (Wildman–Crippen MR) is 29.6 cm³/mol. The smallest absolute Gasteiger partial charge is 0.105 e. The fourth-order valence-corrected chi connectivity index (χ4v) is 0.263. The topological polar surface area (TPSA) is 38.7 Å². The molecule has 0 aromatic carbocycles. The van der Waals surface area contributed by atoms with Gasteiger partial charge in [-0.05, 0) is 0 Å². The molecule has 1 N–H and O–H groups in total. The van der Waals surface area contributed by atoms with E-state index < -0.39 is 0 Å². The third kappa shape index (κ3) is 5.62. The Kier molecular flexibility index (Phi) is 6.31. The molecule has 0 aromatic rings. The quantitative estimate of drug-likeness (QED) is 0.250. The van der Waals surface area contributed by atoms with Gasteiger partial charge < -0.3 is 4.74 Å². The molecule has 0 aromatic heterocycles. The molecule has 0 aliphatic heterocycles. The summed E-state index contributed by atoms with van der Waals surface area (Å²) in [5.74, 6) is 0. The maximum Gasteiger partial charge on any atom is 0.105 e. The van der Waals surface area contributed by atoms with Crippen molar-refractivity contribution in [2.45, 2.75) is 0 Å². The number of hydrogen-bond donors (Lipinski definition) is 1. The monoisotopic (exact) mass is 118 g/mol. The summed E-state index contributed by atoms with van der Waals surface area (Å²) >= 11 is 0. The highest BCUT2D eigenvalue weighted by atomic mass is 17.1. The van der Waals surface area contributed by atoms with E-state index in [0.29, 0.717) is 13.2 Å². The molecule has 8 heavy (non-hydrogen) atoms. The molecule has 0 heterocycles. The Bertz CT molecular complexity index is 53.6. The van der Waals surface area contributed by atoms with Crippen LogP contribution in [0.5, 0.6) is 0 Å². The summed E-state index contributed by atoms with van der Waals surface area (Å²) < 4.78 is 4.82. The van der Waals surface area contributed by atoms with E-state index in [0.717, 1.165) is 0 Å². The van der Waals surface area contributed by atoms with Gasteiger partial charge in [0.05, 0.1) is 13.2 Å². The number of hydrogen-bond acceptors (Lipinski definition) is 3. The van der Waals surface area contributed by atoms with Crippen LogP contribution in [0.2, 0.25) is 0 Å². The van der Waals surface area contributed by atoms with E-state index in [9.17, 15) is 0 Å². The van der Waals surface area contributed by atoms with Gasteiger partial charge in [0.1, 0.15) is 6.61 Å². The SMILES string of the molecule is C=CCOCCOO. The highest BCUT2D eigenvalue weighted by Crippen LogP contribution is 1.74. The molecule has 0 saturated carbocycles. The van der Waals surface area contributed by atoms with Crippen molar-refractivity contribution >= 4 is 0 Å². The van der Waals surface area contributed by atoms with Crippen LogP contribution < -0.4 is 0 Å². The Balaban J connectivity index is 2.62. The van der Waals surface area contributed by atoms with Gasteiger partial charge in [-0.25, -0.2) is 4.89 Å². The highest BCUT2D eigenvalue weighted by molar-refractivity contribution is 4.63. The van der Waals surface area contributed by atoms with E-state index in [2.05, 4.69) is 11.5 Å². The first-order valence-electron chi connectivity index (χ1n) is 2.37. The van der Waals surface area contributed by atoms with Crippen molar-refractivity contribution in [2.75, 3.05) is 19.8 Å².